The van der Waals surface area contributed by atoms with E-state index in [0.717, 1.165) is 165 Å². The summed E-state index contributed by atoms with van der Waals surface area (Å²) in [6.45, 7) is 24.4. The molecule has 0 radical (unpaired) electrons. The minimum absolute atomic E-state index is 0.0411. The highest BCUT2D eigenvalue weighted by Crippen LogP contribution is 2.46. The molecule has 0 spiro atoms. The van der Waals surface area contributed by atoms with E-state index in [9.17, 15) is 33.2 Å². The van der Waals surface area contributed by atoms with Crippen molar-refractivity contribution < 1.29 is 60.4 Å². The number of aryl methyl sites for hydroxylation is 4. The van der Waals surface area contributed by atoms with Gasteiger partial charge in [-0.05, 0) is 179 Å². The van der Waals surface area contributed by atoms with E-state index in [2.05, 4.69) is 78.5 Å². The molecule has 6 N–H and O–H groups in total. The maximum absolute atomic E-state index is 14.1. The van der Waals surface area contributed by atoms with Gasteiger partial charge in [0.1, 0.15) is 45.5 Å². The van der Waals surface area contributed by atoms with E-state index in [0.29, 0.717) is 121 Å². The van der Waals surface area contributed by atoms with Crippen LogP contribution >= 0.6 is 0 Å². The van der Waals surface area contributed by atoms with Crippen LogP contribution in [0, 0.1) is 53.5 Å². The molecule has 6 aromatic heterocycles. The number of pyridine rings is 3. The number of aromatic nitrogens is 3. The van der Waals surface area contributed by atoms with Gasteiger partial charge in [0.25, 0.3) is 40.4 Å². The third-order valence-corrected chi connectivity index (χ3v) is 21.4. The Labute approximate surface area is 621 Å². The molecule has 5 fully saturated rings. The third-order valence-electron chi connectivity index (χ3n) is 21.4. The molecule has 0 unspecified atom stereocenters. The van der Waals surface area contributed by atoms with Crippen LogP contribution in [-0.4, -0.2) is 131 Å². The van der Waals surface area contributed by atoms with Gasteiger partial charge in [-0.15, -0.1) is 0 Å². The van der Waals surface area contributed by atoms with Crippen LogP contribution in [0.4, 0.5) is 21.5 Å². The van der Waals surface area contributed by atoms with Gasteiger partial charge in [-0.2, -0.15) is 4.39 Å². The van der Waals surface area contributed by atoms with Gasteiger partial charge in [-0.3, -0.25) is 28.8 Å². The zero-order valence-corrected chi connectivity index (χ0v) is 63.7. The van der Waals surface area contributed by atoms with Crippen molar-refractivity contribution in [3.63, 3.8) is 0 Å². The highest BCUT2D eigenvalue weighted by atomic mass is 19.1. The van der Waals surface area contributed by atoms with Gasteiger partial charge in [0.2, 0.25) is 0 Å². The molecule has 0 bridgehead atoms. The second kappa shape index (κ2) is 33.9. The van der Waals surface area contributed by atoms with Crippen LogP contribution in [0.3, 0.4) is 0 Å². The summed E-state index contributed by atoms with van der Waals surface area (Å²) in [7, 11) is 4.53. The molecule has 14 rings (SSSR count). The smallest absolute Gasteiger partial charge is 0.278 e. The summed E-state index contributed by atoms with van der Waals surface area (Å²) in [6, 6.07) is 16.7. The topological polar surface area (TPSA) is 290 Å². The van der Waals surface area contributed by atoms with Gasteiger partial charge in [-0.1, -0.05) is 6.92 Å². The molecule has 9 heterocycles. The van der Waals surface area contributed by atoms with Crippen LogP contribution in [0.1, 0.15) is 184 Å². The van der Waals surface area contributed by atoms with Crippen LogP contribution in [0.5, 0.6) is 17.2 Å². The summed E-state index contributed by atoms with van der Waals surface area (Å²) in [5, 5.41) is 10.8. The Bertz CT molecular complexity index is 4710. The number of amides is 3. The number of rotatable bonds is 24. The molecule has 0 atom stereocenters. The zero-order valence-electron chi connectivity index (χ0n) is 63.7. The van der Waals surface area contributed by atoms with E-state index in [4.69, 9.17) is 41.7 Å². The number of carbonyl (C=O) groups excluding carboxylic acids is 3. The Morgan fingerprint density at radius 2 is 0.841 bits per heavy atom. The maximum Gasteiger partial charge on any atom is 0.278 e. The van der Waals surface area contributed by atoms with Crippen molar-refractivity contribution in [1.29, 1.82) is 0 Å². The lowest BCUT2D eigenvalue weighted by atomic mass is 9.95. The Kier molecular flexibility index (Phi) is 24.4. The van der Waals surface area contributed by atoms with Crippen LogP contribution in [0.2, 0.25) is 0 Å². The van der Waals surface area contributed by atoms with Crippen molar-refractivity contribution in [3.8, 4) is 17.2 Å². The number of H-pyrrole nitrogens is 3. The average molecular weight is 1470 g/mol. The number of methoxy groups -OCH3 is 3. The number of hydrogen-bond acceptors (Lipinski definition) is 18. The van der Waals surface area contributed by atoms with E-state index >= 15 is 0 Å². The van der Waals surface area contributed by atoms with Gasteiger partial charge in [0.15, 0.2) is 0 Å². The van der Waals surface area contributed by atoms with Crippen LogP contribution in [0.25, 0.3) is 32.9 Å². The quantitative estimate of drug-likeness (QED) is 0.0328. The predicted octanol–water partition coefficient (Wildman–Crippen LogP) is 13.0. The summed E-state index contributed by atoms with van der Waals surface area (Å²) >= 11 is 0. The van der Waals surface area contributed by atoms with Crippen molar-refractivity contribution in [2.45, 2.75) is 177 Å². The van der Waals surface area contributed by atoms with Crippen molar-refractivity contribution in [1.82, 2.24) is 30.9 Å². The highest BCUT2D eigenvalue weighted by Gasteiger charge is 2.36. The number of nitrogens with zero attached hydrogens (tertiary/aromatic N) is 3. The Morgan fingerprint density at radius 1 is 0.458 bits per heavy atom. The van der Waals surface area contributed by atoms with Crippen molar-refractivity contribution in [3.05, 3.63) is 170 Å². The van der Waals surface area contributed by atoms with Gasteiger partial charge >= 0.3 is 0 Å². The van der Waals surface area contributed by atoms with E-state index < -0.39 is 11.9 Å². The normalized spacial score (nSPS) is 15.7. The molecule has 9 aromatic rings. The number of halogens is 1. The molecule has 3 aromatic carbocycles. The molecule has 2 aliphatic carbocycles. The first-order valence-corrected chi connectivity index (χ1v) is 37.7. The molecule has 3 aliphatic heterocycles. The molecular weight excluding hydrogens is 1370 g/mol. The summed E-state index contributed by atoms with van der Waals surface area (Å²) in [4.78, 5) is 94.0. The predicted molar refractivity (Wildman–Crippen MR) is 410 cm³/mol. The fourth-order valence-corrected chi connectivity index (χ4v) is 15.6. The average Bonchev–Trinajstić information content (AvgIpc) is 1.61. The van der Waals surface area contributed by atoms with E-state index in [1.54, 1.807) is 38.1 Å². The number of carbonyl (C=O) groups is 3. The molecule has 3 saturated heterocycles. The summed E-state index contributed by atoms with van der Waals surface area (Å²) in [6.07, 6.45) is 11.1. The van der Waals surface area contributed by atoms with Crippen LogP contribution in [0.15, 0.2) is 82.2 Å². The lowest BCUT2D eigenvalue weighted by molar-refractivity contribution is 0.0841. The van der Waals surface area contributed by atoms with Gasteiger partial charge in [0, 0.05) is 158 Å². The third kappa shape index (κ3) is 17.1. The summed E-state index contributed by atoms with van der Waals surface area (Å²) < 4.78 is 64.7. The lowest BCUT2D eigenvalue weighted by Gasteiger charge is -2.38. The first-order valence-electron chi connectivity index (χ1n) is 37.7. The largest absolute Gasteiger partial charge is 0.496 e. The monoisotopic (exact) mass is 1470 g/mol. The number of benzene rings is 3. The molecule has 5 aliphatic rings. The molecule has 572 valence electrons. The number of fused-ring (bicyclic) bond motifs is 3. The maximum atomic E-state index is 14.1. The molecule has 24 nitrogen and oxygen atoms in total. The molecule has 3 amide bonds. The van der Waals surface area contributed by atoms with E-state index in [-0.39, 0.29) is 54.2 Å². The molecule has 2 saturated carbocycles. The first kappa shape index (κ1) is 76.8. The van der Waals surface area contributed by atoms with E-state index in [1.807, 2.05) is 39.8 Å². The highest BCUT2D eigenvalue weighted by molar-refractivity contribution is 6.11. The van der Waals surface area contributed by atoms with Gasteiger partial charge < -0.3 is 87.3 Å². The number of aromatic amines is 3. The fourth-order valence-electron chi connectivity index (χ4n) is 15.6. The summed E-state index contributed by atoms with van der Waals surface area (Å²) in [5.41, 5.74) is 11.2. The SMILES string of the molecule is CCN(c1cc2oc(C)cc2c(C(=O)NCc2c(OC)cc(C)[nH]c2=O)c1C)C1CCOCC1.CCN(c1cc2oc(F)cc2c(C(=O)NCc2c(OC)cc(C)[nH]c2=O)c1C)C1CCOCC1.CCc1c(N(CC2CC2)C2CCOCC2)cc2oc(C3CC3)cc2c1C(=O)NCc1c(OC)cc(C)[nH]c1=O. The van der Waals surface area contributed by atoms with Crippen molar-refractivity contribution in [2.75, 3.05) is 95.3 Å². The second-order valence-corrected chi connectivity index (χ2v) is 28.7. The van der Waals surface area contributed by atoms with E-state index in [1.165, 1.54) is 40.2 Å². The number of furan rings is 3. The standard InChI is InChI=1S/C31H39N3O5.C26H33N3O5.C25H30FN3O5/c1-4-22-25(34(17-19-5-6-19)21-9-11-38-12-10-21)15-28-23(14-26(39-28)20-7-8-20)29(22)31(36)32-16-24-27(37-3)13-18(2)33-30(24)35;1-6-29(18-7-9-33-10-8-18)21-13-23-19(12-16(3)34-23)24(17(21)4)26(31)27-14-20-22(32-5)11-15(2)28-25(20)30;1-5-29(16-6-8-33-9-7-16)19-12-21-17(11-22(26)34-21)23(15(19)3)25(31)27-13-18-20(32-4)10-14(2)28-24(18)30/h13-15,19-21H,4-12,16-17H2,1-3H3,(H,32,36)(H,33,35);11-13,18H,6-10,14H2,1-5H3,(H,27,31)(H,28,30);10-12,16H,5-9,13H2,1-4H3,(H,27,31)(H,28,30). The van der Waals surface area contributed by atoms with Gasteiger partial charge in [0.05, 0.1) is 74.3 Å². The van der Waals surface area contributed by atoms with Crippen molar-refractivity contribution in [2.24, 2.45) is 5.92 Å². The Hall–Kier alpha value is -9.85. The Balaban J connectivity index is 0.000000151. The number of nitrogens with one attached hydrogen (secondary N) is 6. The molecule has 107 heavy (non-hydrogen) atoms. The minimum atomic E-state index is -0.758. The first-order chi connectivity index (χ1) is 51.6. The van der Waals surface area contributed by atoms with Gasteiger partial charge in [-0.25, -0.2) is 0 Å². The Morgan fingerprint density at radius 3 is 1.24 bits per heavy atom. The summed E-state index contributed by atoms with van der Waals surface area (Å²) in [5.74, 6) is 3.30. The van der Waals surface area contributed by atoms with Crippen LogP contribution in [-0.2, 0) is 40.3 Å². The number of ether oxygens (including phenoxy) is 6. The molecular formula is C82H102FN9O15. The zero-order chi connectivity index (χ0) is 75.9. The minimum Gasteiger partial charge on any atom is -0.496 e. The molecule has 25 heteroatoms. The van der Waals surface area contributed by atoms with Crippen LogP contribution < -0.4 is 61.5 Å². The lowest BCUT2D eigenvalue weighted by Crippen LogP contribution is -2.41. The number of hydrogen-bond donors (Lipinski definition) is 6. The number of anilines is 3. The second-order valence-electron chi connectivity index (χ2n) is 28.7. The van der Waals surface area contributed by atoms with Crippen molar-refractivity contribution >= 4 is 67.7 Å². The fraction of sp³-hybridized carbons (Fsp3) is 0.488.